The number of piperidine rings is 1. The second-order valence-electron chi connectivity index (χ2n) is 15.9. The standard InChI is InChI=1S/C38H53N7O4S/c1-24-25(2)50-35-32(24)33(39-30(22-31(46)48-37(4,5)6)34-41-40-26(3)45(34)35)28-10-12-29(13-11-28)43-20-18-42(19-21-43)23-27-14-16-44(17-15-27)36(47)49-38(7,8)9/h10-13,27,30H,14-23H2,1-9H3/t30-/m0/s1. The Morgan fingerprint density at radius 2 is 1.50 bits per heavy atom. The number of likely N-dealkylation sites (tertiary alicyclic amines) is 1. The first kappa shape index (κ1) is 36.0. The van der Waals surface area contributed by atoms with Gasteiger partial charge in [0.05, 0.1) is 12.1 Å². The molecule has 5 heterocycles. The zero-order valence-corrected chi connectivity index (χ0v) is 32.0. The molecule has 6 rings (SSSR count). The van der Waals surface area contributed by atoms with Crippen molar-refractivity contribution in [3.8, 4) is 5.00 Å². The molecular weight excluding hydrogens is 651 g/mol. The molecule has 0 radical (unpaired) electrons. The number of esters is 1. The summed E-state index contributed by atoms with van der Waals surface area (Å²) in [6.45, 7) is 24.2. The summed E-state index contributed by atoms with van der Waals surface area (Å²) in [6.07, 6.45) is 1.93. The quantitative estimate of drug-likeness (QED) is 0.263. The predicted octanol–water partition coefficient (Wildman–Crippen LogP) is 6.65. The van der Waals surface area contributed by atoms with Crippen molar-refractivity contribution in [3.05, 3.63) is 57.5 Å². The summed E-state index contributed by atoms with van der Waals surface area (Å²) in [6, 6.07) is 8.20. The number of carbonyl (C=O) groups is 2. The lowest BCUT2D eigenvalue weighted by atomic mass is 9.96. The number of aromatic nitrogens is 3. The minimum Gasteiger partial charge on any atom is -0.460 e. The van der Waals surface area contributed by atoms with Crippen molar-refractivity contribution in [1.29, 1.82) is 0 Å². The average Bonchev–Trinajstić information content (AvgIpc) is 3.52. The van der Waals surface area contributed by atoms with Gasteiger partial charge in [-0.15, -0.1) is 21.5 Å². The molecule has 2 fully saturated rings. The number of anilines is 1. The van der Waals surface area contributed by atoms with Crippen molar-refractivity contribution in [2.24, 2.45) is 10.9 Å². The lowest BCUT2D eigenvalue weighted by molar-refractivity contribution is -0.155. The number of nitrogens with zero attached hydrogens (tertiary/aromatic N) is 7. The Hall–Kier alpha value is -3.77. The van der Waals surface area contributed by atoms with Gasteiger partial charge in [-0.05, 0) is 98.8 Å². The number of aliphatic imine (C=N–C) groups is 1. The molecule has 1 aromatic carbocycles. The van der Waals surface area contributed by atoms with E-state index in [2.05, 4.69) is 62.7 Å². The molecule has 12 heteroatoms. The molecule has 1 amide bonds. The number of aryl methyl sites for hydroxylation is 2. The van der Waals surface area contributed by atoms with E-state index in [9.17, 15) is 9.59 Å². The molecule has 270 valence electrons. The van der Waals surface area contributed by atoms with Gasteiger partial charge in [-0.25, -0.2) is 4.79 Å². The molecule has 0 unspecified atom stereocenters. The topological polar surface area (TPSA) is 105 Å². The van der Waals surface area contributed by atoms with Gasteiger partial charge in [0.25, 0.3) is 0 Å². The predicted molar refractivity (Wildman–Crippen MR) is 198 cm³/mol. The first-order chi connectivity index (χ1) is 23.6. The largest absolute Gasteiger partial charge is 0.460 e. The summed E-state index contributed by atoms with van der Waals surface area (Å²) >= 11 is 1.71. The van der Waals surface area contributed by atoms with E-state index < -0.39 is 17.2 Å². The lowest BCUT2D eigenvalue weighted by Gasteiger charge is -2.39. The Labute approximate surface area is 300 Å². The highest BCUT2D eigenvalue weighted by Crippen LogP contribution is 2.40. The summed E-state index contributed by atoms with van der Waals surface area (Å²) in [5, 5.41) is 9.97. The van der Waals surface area contributed by atoms with E-state index in [1.165, 1.54) is 16.1 Å². The van der Waals surface area contributed by atoms with Crippen LogP contribution in [0.4, 0.5) is 10.5 Å². The van der Waals surface area contributed by atoms with E-state index in [1.54, 1.807) is 11.3 Å². The Morgan fingerprint density at radius 1 is 0.860 bits per heavy atom. The van der Waals surface area contributed by atoms with Crippen molar-refractivity contribution in [1.82, 2.24) is 24.6 Å². The van der Waals surface area contributed by atoms with Crippen molar-refractivity contribution in [3.63, 3.8) is 0 Å². The number of rotatable bonds is 6. The first-order valence-electron chi connectivity index (χ1n) is 17.9. The highest BCUT2D eigenvalue weighted by Gasteiger charge is 2.34. The maximum absolute atomic E-state index is 13.1. The Morgan fingerprint density at radius 3 is 2.12 bits per heavy atom. The maximum Gasteiger partial charge on any atom is 0.410 e. The van der Waals surface area contributed by atoms with Crippen LogP contribution in [0.5, 0.6) is 0 Å². The molecule has 0 aliphatic carbocycles. The number of carbonyl (C=O) groups excluding carboxylic acids is 2. The van der Waals surface area contributed by atoms with E-state index in [4.69, 9.17) is 14.5 Å². The van der Waals surface area contributed by atoms with Crippen LogP contribution < -0.4 is 4.90 Å². The Bertz CT molecular complexity index is 1730. The van der Waals surface area contributed by atoms with Crippen molar-refractivity contribution < 1.29 is 19.1 Å². The van der Waals surface area contributed by atoms with Crippen LogP contribution in [-0.2, 0) is 14.3 Å². The van der Waals surface area contributed by atoms with Gasteiger partial charge in [0.1, 0.15) is 28.1 Å². The molecule has 3 aromatic rings. The molecule has 1 atom stereocenters. The molecule has 50 heavy (non-hydrogen) atoms. The fourth-order valence-corrected chi connectivity index (χ4v) is 8.29. The highest BCUT2D eigenvalue weighted by atomic mass is 32.1. The molecule has 3 aliphatic heterocycles. The van der Waals surface area contributed by atoms with Crippen LogP contribution in [0.2, 0.25) is 0 Å². The van der Waals surface area contributed by atoms with Gasteiger partial charge in [-0.2, -0.15) is 0 Å². The van der Waals surface area contributed by atoms with E-state index in [0.29, 0.717) is 11.7 Å². The monoisotopic (exact) mass is 703 g/mol. The van der Waals surface area contributed by atoms with Crippen molar-refractivity contribution >= 4 is 34.8 Å². The normalized spacial score (nSPS) is 19.1. The Kier molecular flexibility index (Phi) is 10.2. The number of fused-ring (bicyclic) bond motifs is 3. The van der Waals surface area contributed by atoms with Crippen molar-refractivity contribution in [2.45, 2.75) is 98.8 Å². The van der Waals surface area contributed by atoms with Gasteiger partial charge in [0, 0.05) is 67.5 Å². The van der Waals surface area contributed by atoms with Crippen LogP contribution in [0, 0.1) is 26.7 Å². The second-order valence-corrected chi connectivity index (χ2v) is 17.1. The number of benzene rings is 1. The fraction of sp³-hybridized carbons (Fsp3) is 0.605. The summed E-state index contributed by atoms with van der Waals surface area (Å²) < 4.78 is 13.4. The maximum atomic E-state index is 13.1. The average molecular weight is 704 g/mol. The molecule has 0 spiro atoms. The summed E-state index contributed by atoms with van der Waals surface area (Å²) in [5.41, 5.74) is 4.28. The molecule has 0 saturated carbocycles. The van der Waals surface area contributed by atoms with Gasteiger partial charge < -0.3 is 19.3 Å². The molecule has 2 saturated heterocycles. The van der Waals surface area contributed by atoms with Gasteiger partial charge in [0.15, 0.2) is 5.82 Å². The van der Waals surface area contributed by atoms with Gasteiger partial charge in [-0.1, -0.05) is 12.1 Å². The van der Waals surface area contributed by atoms with Gasteiger partial charge in [0.2, 0.25) is 0 Å². The zero-order chi connectivity index (χ0) is 36.0. The SMILES string of the molecule is Cc1sc2c(c1C)C(c1ccc(N3CCN(CC4CCN(C(=O)OC(C)(C)C)CC4)CC3)cc1)=N[C@@H](CC(=O)OC(C)(C)C)c1nnc(C)n1-2. The third kappa shape index (κ3) is 8.07. The van der Waals surface area contributed by atoms with Crippen LogP contribution in [0.1, 0.15) is 100 Å². The Balaban J connectivity index is 1.14. The van der Waals surface area contributed by atoms with E-state index in [1.807, 2.05) is 53.4 Å². The zero-order valence-electron chi connectivity index (χ0n) is 31.2. The van der Waals surface area contributed by atoms with E-state index in [-0.39, 0.29) is 18.5 Å². The first-order valence-corrected chi connectivity index (χ1v) is 18.8. The summed E-state index contributed by atoms with van der Waals surface area (Å²) in [4.78, 5) is 39.0. The van der Waals surface area contributed by atoms with Crippen LogP contribution >= 0.6 is 11.3 Å². The number of hydrogen-bond donors (Lipinski definition) is 0. The number of hydrogen-bond acceptors (Lipinski definition) is 10. The fourth-order valence-electron chi connectivity index (χ4n) is 7.07. The van der Waals surface area contributed by atoms with Gasteiger partial charge >= 0.3 is 12.1 Å². The van der Waals surface area contributed by atoms with Crippen LogP contribution in [0.15, 0.2) is 29.3 Å². The number of thiophene rings is 1. The smallest absolute Gasteiger partial charge is 0.410 e. The summed E-state index contributed by atoms with van der Waals surface area (Å²) in [7, 11) is 0. The van der Waals surface area contributed by atoms with Crippen molar-refractivity contribution in [2.75, 3.05) is 50.7 Å². The minimum absolute atomic E-state index is 0.0804. The molecule has 11 nitrogen and oxygen atoms in total. The third-order valence-electron chi connectivity index (χ3n) is 9.68. The molecule has 2 aromatic heterocycles. The molecule has 0 bridgehead atoms. The summed E-state index contributed by atoms with van der Waals surface area (Å²) in [5.74, 6) is 1.73. The van der Waals surface area contributed by atoms with Crippen LogP contribution in [0.3, 0.4) is 0 Å². The van der Waals surface area contributed by atoms with E-state index in [0.717, 1.165) is 86.3 Å². The lowest BCUT2D eigenvalue weighted by Crippen LogP contribution is -2.49. The molecule has 0 N–H and O–H groups in total. The number of ether oxygens (including phenoxy) is 2. The minimum atomic E-state index is -0.591. The van der Waals surface area contributed by atoms with Crippen LogP contribution in [-0.4, -0.2) is 99.4 Å². The number of amides is 1. The number of piperazine rings is 1. The highest BCUT2D eigenvalue weighted by molar-refractivity contribution is 7.15. The molecule has 3 aliphatic rings. The molecular formula is C38H53N7O4S. The van der Waals surface area contributed by atoms with Crippen LogP contribution in [0.25, 0.3) is 5.00 Å². The van der Waals surface area contributed by atoms with E-state index >= 15 is 0 Å². The van der Waals surface area contributed by atoms with Gasteiger partial charge in [-0.3, -0.25) is 19.3 Å². The third-order valence-corrected chi connectivity index (χ3v) is 10.9. The second kappa shape index (κ2) is 14.1.